The monoisotopic (exact) mass is 114 g/mol. The summed E-state index contributed by atoms with van der Waals surface area (Å²) in [5.74, 6) is 1.46. The number of fused-ring (bicyclic) bond motifs is 1. The zero-order valence-electron chi connectivity index (χ0n) is 4.80. The van der Waals surface area contributed by atoms with Crippen LogP contribution in [0.3, 0.4) is 0 Å². The highest BCUT2D eigenvalue weighted by molar-refractivity contribution is 4.78. The third-order valence-electron chi connectivity index (χ3n) is 1.99. The van der Waals surface area contributed by atoms with Crippen LogP contribution in [0.2, 0.25) is 0 Å². The van der Waals surface area contributed by atoms with Crippen molar-refractivity contribution in [1.82, 2.24) is 0 Å². The lowest BCUT2D eigenvalue weighted by molar-refractivity contribution is 0.108. The first kappa shape index (κ1) is 4.77. The van der Waals surface area contributed by atoms with Gasteiger partial charge in [-0.2, -0.15) is 0 Å². The van der Waals surface area contributed by atoms with E-state index in [9.17, 15) is 0 Å². The Balaban J connectivity index is 2.04. The molecular weight excluding hydrogens is 104 g/mol. The molecule has 2 fully saturated rings. The molecule has 0 saturated carbocycles. The van der Waals surface area contributed by atoms with Crippen LogP contribution in [0, 0.1) is 11.8 Å². The van der Waals surface area contributed by atoms with Crippen molar-refractivity contribution in [1.29, 1.82) is 0 Å². The first-order valence-corrected chi connectivity index (χ1v) is 3.12. The van der Waals surface area contributed by atoms with Gasteiger partial charge < -0.3 is 9.47 Å². The van der Waals surface area contributed by atoms with Gasteiger partial charge in [0.2, 0.25) is 0 Å². The van der Waals surface area contributed by atoms with Crippen molar-refractivity contribution in [2.75, 3.05) is 26.4 Å². The maximum Gasteiger partial charge on any atom is 0.0520 e. The van der Waals surface area contributed by atoms with Gasteiger partial charge in [0.25, 0.3) is 0 Å². The Kier molecular flexibility index (Phi) is 1.02. The Morgan fingerprint density at radius 1 is 0.750 bits per heavy atom. The molecule has 0 spiro atoms. The van der Waals surface area contributed by atoms with Crippen LogP contribution >= 0.6 is 0 Å². The van der Waals surface area contributed by atoms with E-state index >= 15 is 0 Å². The van der Waals surface area contributed by atoms with Crippen LogP contribution in [-0.4, -0.2) is 26.4 Å². The van der Waals surface area contributed by atoms with Gasteiger partial charge in [-0.25, -0.2) is 0 Å². The van der Waals surface area contributed by atoms with Crippen molar-refractivity contribution in [2.24, 2.45) is 11.8 Å². The van der Waals surface area contributed by atoms with Gasteiger partial charge in [-0.3, -0.25) is 0 Å². The van der Waals surface area contributed by atoms with Gasteiger partial charge in [-0.1, -0.05) is 0 Å². The molecule has 46 valence electrons. The standard InChI is InChI=1S/C6H10O2/c1-5-2-8-4-6(5)3-7-1/h5-6H,1-4H2. The fraction of sp³-hybridized carbons (Fsp3) is 1.00. The predicted octanol–water partition coefficient (Wildman–Crippen LogP) is 0.279. The summed E-state index contributed by atoms with van der Waals surface area (Å²) in [4.78, 5) is 0. The molecule has 8 heavy (non-hydrogen) atoms. The molecule has 0 unspecified atom stereocenters. The Labute approximate surface area is 48.8 Å². The van der Waals surface area contributed by atoms with Crippen molar-refractivity contribution in [3.8, 4) is 0 Å². The number of rotatable bonds is 0. The number of hydrogen-bond acceptors (Lipinski definition) is 2. The lowest BCUT2D eigenvalue weighted by Crippen LogP contribution is -2.07. The first-order chi connectivity index (χ1) is 3.97. The second-order valence-corrected chi connectivity index (χ2v) is 2.60. The molecule has 2 heterocycles. The van der Waals surface area contributed by atoms with Gasteiger partial charge in [0.15, 0.2) is 0 Å². The fourth-order valence-electron chi connectivity index (χ4n) is 1.38. The number of hydrogen-bond donors (Lipinski definition) is 0. The average molecular weight is 114 g/mol. The van der Waals surface area contributed by atoms with Crippen LogP contribution in [0.5, 0.6) is 0 Å². The molecule has 0 bridgehead atoms. The zero-order valence-corrected chi connectivity index (χ0v) is 4.80. The second kappa shape index (κ2) is 1.71. The first-order valence-electron chi connectivity index (χ1n) is 3.12. The summed E-state index contributed by atoms with van der Waals surface area (Å²) in [7, 11) is 0. The van der Waals surface area contributed by atoms with E-state index in [2.05, 4.69) is 0 Å². The van der Waals surface area contributed by atoms with Gasteiger partial charge in [-0.05, 0) is 0 Å². The summed E-state index contributed by atoms with van der Waals surface area (Å²) in [6.07, 6.45) is 0. The van der Waals surface area contributed by atoms with Crippen LogP contribution in [0.25, 0.3) is 0 Å². The van der Waals surface area contributed by atoms with Crippen LogP contribution in [0.4, 0.5) is 0 Å². The van der Waals surface area contributed by atoms with Gasteiger partial charge in [-0.15, -0.1) is 0 Å². The lowest BCUT2D eigenvalue weighted by atomic mass is 10.0. The van der Waals surface area contributed by atoms with Crippen molar-refractivity contribution in [3.05, 3.63) is 0 Å². The molecule has 2 aliphatic heterocycles. The SMILES string of the molecule is C1OCC2COCC12. The van der Waals surface area contributed by atoms with Crippen LogP contribution in [0.1, 0.15) is 0 Å². The largest absolute Gasteiger partial charge is 0.381 e. The highest BCUT2D eigenvalue weighted by atomic mass is 16.5. The zero-order chi connectivity index (χ0) is 5.40. The Hall–Kier alpha value is -0.0800. The molecule has 2 nitrogen and oxygen atoms in total. The molecule has 0 N–H and O–H groups in total. The Morgan fingerprint density at radius 2 is 1.12 bits per heavy atom. The maximum absolute atomic E-state index is 5.23. The van der Waals surface area contributed by atoms with E-state index < -0.39 is 0 Å². The number of ether oxygens (including phenoxy) is 2. The van der Waals surface area contributed by atoms with E-state index in [1.165, 1.54) is 0 Å². The Morgan fingerprint density at radius 3 is 1.50 bits per heavy atom. The Bertz CT molecular complexity index is 72.5. The molecule has 0 aromatic carbocycles. The molecule has 0 amide bonds. The van der Waals surface area contributed by atoms with Crippen molar-refractivity contribution in [2.45, 2.75) is 0 Å². The molecule has 0 aromatic heterocycles. The van der Waals surface area contributed by atoms with Crippen molar-refractivity contribution >= 4 is 0 Å². The smallest absolute Gasteiger partial charge is 0.0520 e. The van der Waals surface area contributed by atoms with Gasteiger partial charge in [0, 0.05) is 11.8 Å². The lowest BCUT2D eigenvalue weighted by Gasteiger charge is -1.97. The minimum atomic E-state index is 0.731. The summed E-state index contributed by atoms with van der Waals surface area (Å²) in [5.41, 5.74) is 0. The minimum absolute atomic E-state index is 0.731. The topological polar surface area (TPSA) is 18.5 Å². The maximum atomic E-state index is 5.23. The van der Waals surface area contributed by atoms with Crippen molar-refractivity contribution in [3.63, 3.8) is 0 Å². The molecule has 2 heteroatoms. The average Bonchev–Trinajstić information content (AvgIpc) is 2.15. The molecule has 0 aromatic rings. The van der Waals surface area contributed by atoms with Gasteiger partial charge >= 0.3 is 0 Å². The van der Waals surface area contributed by atoms with Gasteiger partial charge in [0.1, 0.15) is 0 Å². The molecular formula is C6H10O2. The van der Waals surface area contributed by atoms with E-state index in [1.807, 2.05) is 0 Å². The van der Waals surface area contributed by atoms with E-state index in [1.54, 1.807) is 0 Å². The van der Waals surface area contributed by atoms with Crippen LogP contribution in [0.15, 0.2) is 0 Å². The normalized spacial score (nSPS) is 45.0. The summed E-state index contributed by atoms with van der Waals surface area (Å²) in [6.45, 7) is 3.74. The fourth-order valence-corrected chi connectivity index (χ4v) is 1.38. The quantitative estimate of drug-likeness (QED) is 0.450. The third kappa shape index (κ3) is 0.565. The van der Waals surface area contributed by atoms with E-state index in [0.717, 1.165) is 38.3 Å². The van der Waals surface area contributed by atoms with Crippen LogP contribution < -0.4 is 0 Å². The molecule has 0 radical (unpaired) electrons. The molecule has 2 rings (SSSR count). The van der Waals surface area contributed by atoms with Crippen LogP contribution in [-0.2, 0) is 9.47 Å². The third-order valence-corrected chi connectivity index (χ3v) is 1.99. The summed E-state index contributed by atoms with van der Waals surface area (Å²) in [6, 6.07) is 0. The minimum Gasteiger partial charge on any atom is -0.381 e. The van der Waals surface area contributed by atoms with Crippen molar-refractivity contribution < 1.29 is 9.47 Å². The predicted molar refractivity (Wildman–Crippen MR) is 28.6 cm³/mol. The highest BCUT2D eigenvalue weighted by Gasteiger charge is 2.33. The van der Waals surface area contributed by atoms with Gasteiger partial charge in [0.05, 0.1) is 26.4 Å². The summed E-state index contributed by atoms with van der Waals surface area (Å²) < 4.78 is 10.5. The molecule has 2 saturated heterocycles. The second-order valence-electron chi connectivity index (χ2n) is 2.60. The summed E-state index contributed by atoms with van der Waals surface area (Å²) >= 11 is 0. The van der Waals surface area contributed by atoms with E-state index in [-0.39, 0.29) is 0 Å². The highest BCUT2D eigenvalue weighted by Crippen LogP contribution is 2.26. The molecule has 0 aliphatic carbocycles. The van der Waals surface area contributed by atoms with E-state index in [0.29, 0.717) is 0 Å². The molecule has 0 atom stereocenters. The van der Waals surface area contributed by atoms with E-state index in [4.69, 9.17) is 9.47 Å². The summed E-state index contributed by atoms with van der Waals surface area (Å²) in [5, 5.41) is 0. The molecule has 2 aliphatic rings.